The fourth-order valence-corrected chi connectivity index (χ4v) is 3.63. The van der Waals surface area contributed by atoms with Gasteiger partial charge in [0.1, 0.15) is 5.82 Å². The van der Waals surface area contributed by atoms with E-state index in [9.17, 15) is 4.39 Å². The molecule has 0 bridgehead atoms. The summed E-state index contributed by atoms with van der Waals surface area (Å²) in [5.41, 5.74) is 1.09. The van der Waals surface area contributed by atoms with Crippen molar-refractivity contribution in [3.63, 3.8) is 0 Å². The minimum absolute atomic E-state index is 0.140. The van der Waals surface area contributed by atoms with Gasteiger partial charge in [0, 0.05) is 30.4 Å². The van der Waals surface area contributed by atoms with E-state index in [-0.39, 0.29) is 16.4 Å². The predicted molar refractivity (Wildman–Crippen MR) is 86.5 cm³/mol. The van der Waals surface area contributed by atoms with E-state index in [1.165, 1.54) is 12.8 Å². The van der Waals surface area contributed by atoms with Crippen LogP contribution >= 0.6 is 11.6 Å². The maximum Gasteiger partial charge on any atom is 0.143 e. The summed E-state index contributed by atoms with van der Waals surface area (Å²) < 4.78 is 13.9. The molecule has 0 spiro atoms. The summed E-state index contributed by atoms with van der Waals surface area (Å²) in [5, 5.41) is 3.95. The molecule has 116 valence electrons. The van der Waals surface area contributed by atoms with Crippen molar-refractivity contribution in [1.82, 2.24) is 5.32 Å². The van der Waals surface area contributed by atoms with Gasteiger partial charge in [-0.15, -0.1) is 0 Å². The maximum atomic E-state index is 13.9. The molecule has 2 unspecified atom stereocenters. The lowest BCUT2D eigenvalue weighted by Crippen LogP contribution is -2.65. The number of halogens is 2. The van der Waals surface area contributed by atoms with E-state index in [2.05, 4.69) is 31.0 Å². The summed E-state index contributed by atoms with van der Waals surface area (Å²) in [6.45, 7) is 8.65. The van der Waals surface area contributed by atoms with Gasteiger partial charge in [-0.3, -0.25) is 0 Å². The van der Waals surface area contributed by atoms with Crippen molar-refractivity contribution in [2.24, 2.45) is 11.8 Å². The van der Waals surface area contributed by atoms with Gasteiger partial charge in [-0.05, 0) is 49.8 Å². The summed E-state index contributed by atoms with van der Waals surface area (Å²) in [5.74, 6) is 0.939. The van der Waals surface area contributed by atoms with Gasteiger partial charge >= 0.3 is 0 Å². The number of benzene rings is 1. The molecule has 1 aromatic carbocycles. The molecule has 0 aromatic heterocycles. The van der Waals surface area contributed by atoms with Crippen LogP contribution in [0.4, 0.5) is 10.1 Å². The topological polar surface area (TPSA) is 15.3 Å². The van der Waals surface area contributed by atoms with Gasteiger partial charge < -0.3 is 10.2 Å². The van der Waals surface area contributed by atoms with Gasteiger partial charge in [0.25, 0.3) is 0 Å². The van der Waals surface area contributed by atoms with Crippen molar-refractivity contribution >= 4 is 17.3 Å². The Kier molecular flexibility index (Phi) is 3.91. The van der Waals surface area contributed by atoms with Crippen LogP contribution in [-0.4, -0.2) is 24.7 Å². The Morgan fingerprint density at radius 3 is 2.67 bits per heavy atom. The van der Waals surface area contributed by atoms with Crippen LogP contribution in [0.25, 0.3) is 0 Å². The number of rotatable bonds is 3. The van der Waals surface area contributed by atoms with E-state index in [0.717, 1.165) is 24.7 Å². The van der Waals surface area contributed by atoms with Crippen LogP contribution in [0.3, 0.4) is 0 Å². The Hall–Kier alpha value is -0.800. The minimum atomic E-state index is -0.330. The normalized spacial score (nSPS) is 30.0. The Balaban J connectivity index is 1.91. The second-order valence-electron chi connectivity index (χ2n) is 7.11. The van der Waals surface area contributed by atoms with Crippen LogP contribution in [0.2, 0.25) is 5.02 Å². The molecule has 21 heavy (non-hydrogen) atoms. The second-order valence-corrected chi connectivity index (χ2v) is 7.52. The van der Waals surface area contributed by atoms with Crippen LogP contribution in [0, 0.1) is 17.7 Å². The number of nitrogens with one attached hydrogen (secondary N) is 1. The van der Waals surface area contributed by atoms with Crippen LogP contribution in [-0.2, 0) is 0 Å². The molecule has 1 saturated carbocycles. The van der Waals surface area contributed by atoms with E-state index in [1.807, 2.05) is 6.07 Å². The van der Waals surface area contributed by atoms with Gasteiger partial charge in [-0.1, -0.05) is 25.4 Å². The van der Waals surface area contributed by atoms with Crippen molar-refractivity contribution in [2.75, 3.05) is 18.0 Å². The van der Waals surface area contributed by atoms with Gasteiger partial charge in [-0.2, -0.15) is 0 Å². The Morgan fingerprint density at radius 1 is 1.38 bits per heavy atom. The first-order chi connectivity index (χ1) is 9.90. The van der Waals surface area contributed by atoms with E-state index in [0.29, 0.717) is 12.0 Å². The zero-order chi connectivity index (χ0) is 15.2. The van der Waals surface area contributed by atoms with Gasteiger partial charge in [0.05, 0.1) is 5.02 Å². The molecule has 1 saturated heterocycles. The first-order valence-corrected chi connectivity index (χ1v) is 8.25. The third-order valence-corrected chi connectivity index (χ3v) is 5.40. The van der Waals surface area contributed by atoms with Gasteiger partial charge in [0.2, 0.25) is 0 Å². The molecule has 3 rings (SSSR count). The molecule has 2 atom stereocenters. The summed E-state index contributed by atoms with van der Waals surface area (Å²) in [4.78, 5) is 2.37. The molecule has 1 aromatic rings. The van der Waals surface area contributed by atoms with Crippen LogP contribution in [0.15, 0.2) is 18.2 Å². The fraction of sp³-hybridized carbons (Fsp3) is 0.647. The first-order valence-electron chi connectivity index (χ1n) is 7.87. The number of nitrogens with zero attached hydrogens (tertiary/aromatic N) is 1. The zero-order valence-electron chi connectivity index (χ0n) is 13.0. The molecule has 1 heterocycles. The summed E-state index contributed by atoms with van der Waals surface area (Å²) >= 11 is 5.83. The molecule has 1 N–H and O–H groups in total. The smallest absolute Gasteiger partial charge is 0.143 e. The molecule has 2 nitrogen and oxygen atoms in total. The molecular formula is C17H24ClFN2. The van der Waals surface area contributed by atoms with Gasteiger partial charge in [0.15, 0.2) is 0 Å². The standard InChI is InChI=1S/C17H24ClFN2/c1-11(2)16-9-20-17(3,12-4-5-12)10-21(16)13-6-7-14(18)15(19)8-13/h6-8,11-12,16,20H,4-5,9-10H2,1-3H3. The van der Waals surface area contributed by atoms with Crippen molar-refractivity contribution < 1.29 is 4.39 Å². The van der Waals surface area contributed by atoms with Crippen molar-refractivity contribution in [3.05, 3.63) is 29.0 Å². The number of hydrogen-bond donors (Lipinski definition) is 1. The van der Waals surface area contributed by atoms with Crippen LogP contribution < -0.4 is 10.2 Å². The average Bonchev–Trinajstić information content (AvgIpc) is 3.26. The Labute approximate surface area is 131 Å². The van der Waals surface area contributed by atoms with Crippen molar-refractivity contribution in [3.8, 4) is 0 Å². The molecular weight excluding hydrogens is 287 g/mol. The van der Waals surface area contributed by atoms with E-state index in [1.54, 1.807) is 12.1 Å². The molecule has 2 aliphatic rings. The lowest BCUT2D eigenvalue weighted by Gasteiger charge is -2.49. The molecule has 0 amide bonds. The summed E-state index contributed by atoms with van der Waals surface area (Å²) in [7, 11) is 0. The molecule has 4 heteroatoms. The van der Waals surface area contributed by atoms with Crippen molar-refractivity contribution in [1.29, 1.82) is 0 Å². The second kappa shape index (κ2) is 5.44. The van der Waals surface area contributed by atoms with Gasteiger partial charge in [-0.25, -0.2) is 4.39 Å². The summed E-state index contributed by atoms with van der Waals surface area (Å²) in [6, 6.07) is 5.58. The summed E-state index contributed by atoms with van der Waals surface area (Å²) in [6.07, 6.45) is 2.61. The number of anilines is 1. The fourth-order valence-electron chi connectivity index (χ4n) is 3.51. The Bertz CT molecular complexity index is 530. The van der Waals surface area contributed by atoms with Crippen molar-refractivity contribution in [2.45, 2.75) is 45.2 Å². The molecule has 1 aliphatic carbocycles. The lowest BCUT2D eigenvalue weighted by atomic mass is 9.87. The highest BCUT2D eigenvalue weighted by molar-refractivity contribution is 6.30. The minimum Gasteiger partial charge on any atom is -0.365 e. The monoisotopic (exact) mass is 310 g/mol. The molecule has 0 radical (unpaired) electrons. The molecule has 1 aliphatic heterocycles. The lowest BCUT2D eigenvalue weighted by molar-refractivity contribution is 0.233. The highest BCUT2D eigenvalue weighted by Crippen LogP contribution is 2.42. The highest BCUT2D eigenvalue weighted by atomic mass is 35.5. The third kappa shape index (κ3) is 2.91. The number of hydrogen-bond acceptors (Lipinski definition) is 2. The predicted octanol–water partition coefficient (Wildman–Crippen LogP) is 4.08. The Morgan fingerprint density at radius 2 is 2.10 bits per heavy atom. The third-order valence-electron chi connectivity index (χ3n) is 5.10. The van der Waals surface area contributed by atoms with E-state index >= 15 is 0 Å². The average molecular weight is 311 g/mol. The van der Waals surface area contributed by atoms with Crippen LogP contribution in [0.5, 0.6) is 0 Å². The quantitative estimate of drug-likeness (QED) is 0.905. The maximum absolute atomic E-state index is 13.9. The SMILES string of the molecule is CC(C)C1CNC(C)(C2CC2)CN1c1ccc(Cl)c(F)c1. The largest absolute Gasteiger partial charge is 0.365 e. The number of piperazine rings is 1. The highest BCUT2D eigenvalue weighted by Gasteiger charge is 2.46. The van der Waals surface area contributed by atoms with E-state index in [4.69, 9.17) is 11.6 Å². The first kappa shape index (κ1) is 15.1. The van der Waals surface area contributed by atoms with E-state index < -0.39 is 0 Å². The zero-order valence-corrected chi connectivity index (χ0v) is 13.8. The molecule has 2 fully saturated rings. The van der Waals surface area contributed by atoms with Crippen LogP contribution in [0.1, 0.15) is 33.6 Å².